The third-order valence-corrected chi connectivity index (χ3v) is 3.89. The number of rotatable bonds is 5. The van der Waals surface area contributed by atoms with E-state index < -0.39 is 4.92 Å². The lowest BCUT2D eigenvalue weighted by molar-refractivity contribution is -0.384. The minimum Gasteiger partial charge on any atom is -0.477 e. The van der Waals surface area contributed by atoms with Crippen LogP contribution in [-0.4, -0.2) is 34.6 Å². The highest BCUT2D eigenvalue weighted by molar-refractivity contribution is 5.77. The molecule has 116 valence electrons. The molecule has 0 amide bonds. The van der Waals surface area contributed by atoms with Crippen LogP contribution in [0.4, 0.5) is 5.69 Å². The van der Waals surface area contributed by atoms with Gasteiger partial charge in [0, 0.05) is 12.1 Å². The monoisotopic (exact) mass is 302 g/mol. The Labute approximate surface area is 127 Å². The third kappa shape index (κ3) is 3.48. The quantitative estimate of drug-likeness (QED) is 0.673. The van der Waals surface area contributed by atoms with Crippen LogP contribution in [0.3, 0.4) is 0 Å². The van der Waals surface area contributed by atoms with Gasteiger partial charge in [-0.3, -0.25) is 10.1 Å². The van der Waals surface area contributed by atoms with Crippen LogP contribution in [0.2, 0.25) is 0 Å². The molecular formula is C15H18N4O3. The first-order valence-corrected chi connectivity index (χ1v) is 7.47. The maximum atomic E-state index is 10.7. The van der Waals surface area contributed by atoms with Gasteiger partial charge in [0.15, 0.2) is 0 Å². The van der Waals surface area contributed by atoms with E-state index in [1.807, 2.05) is 0 Å². The second kappa shape index (κ2) is 6.65. The number of piperidine rings is 1. The summed E-state index contributed by atoms with van der Waals surface area (Å²) in [5.41, 5.74) is 1.11. The number of nitro groups is 1. The molecule has 1 aliphatic rings. The second-order valence-electron chi connectivity index (χ2n) is 5.49. The second-order valence-corrected chi connectivity index (χ2v) is 5.49. The highest BCUT2D eigenvalue weighted by Gasteiger charge is 2.13. The number of benzene rings is 1. The number of nitrogens with zero attached hydrogens (tertiary/aromatic N) is 3. The topological polar surface area (TPSA) is 90.2 Å². The number of ether oxygens (including phenoxy) is 1. The van der Waals surface area contributed by atoms with Crippen LogP contribution in [-0.2, 0) is 0 Å². The summed E-state index contributed by atoms with van der Waals surface area (Å²) in [6.45, 7) is 2.77. The van der Waals surface area contributed by atoms with Gasteiger partial charge < -0.3 is 10.1 Å². The number of nitro benzene ring substituents is 1. The molecule has 1 aromatic heterocycles. The molecule has 1 aliphatic heterocycles. The summed E-state index contributed by atoms with van der Waals surface area (Å²) in [4.78, 5) is 18.8. The summed E-state index contributed by atoms with van der Waals surface area (Å²) >= 11 is 0. The molecule has 1 N–H and O–H groups in total. The standard InChI is InChI=1S/C15H18N4O3/c20-19(21)12-3-4-13-14(8-12)17-10-15(18-13)22-7-5-11-2-1-6-16-9-11/h3-4,8,10-11,16H,1-2,5-7,9H2/t11-/m0/s1. The molecule has 22 heavy (non-hydrogen) atoms. The Balaban J connectivity index is 1.62. The first kappa shape index (κ1) is 14.6. The van der Waals surface area contributed by atoms with E-state index in [0.29, 0.717) is 29.4 Å². The van der Waals surface area contributed by atoms with Crippen molar-refractivity contribution in [1.82, 2.24) is 15.3 Å². The Morgan fingerprint density at radius 3 is 3.09 bits per heavy atom. The van der Waals surface area contributed by atoms with Crippen LogP contribution in [0.1, 0.15) is 19.3 Å². The third-order valence-electron chi connectivity index (χ3n) is 3.89. The van der Waals surface area contributed by atoms with Gasteiger partial charge in [-0.2, -0.15) is 0 Å². The average Bonchev–Trinajstić information content (AvgIpc) is 2.55. The SMILES string of the molecule is O=[N+]([O-])c1ccc2nc(OCC[C@@H]3CCCNC3)cnc2c1. The van der Waals surface area contributed by atoms with E-state index in [2.05, 4.69) is 15.3 Å². The van der Waals surface area contributed by atoms with E-state index in [0.717, 1.165) is 19.5 Å². The zero-order valence-corrected chi connectivity index (χ0v) is 12.2. The van der Waals surface area contributed by atoms with Crippen LogP contribution in [0, 0.1) is 16.0 Å². The fraction of sp³-hybridized carbons (Fsp3) is 0.467. The molecule has 1 atom stereocenters. The number of hydrogen-bond acceptors (Lipinski definition) is 6. The van der Waals surface area contributed by atoms with Crippen molar-refractivity contribution in [1.29, 1.82) is 0 Å². The summed E-state index contributed by atoms with van der Waals surface area (Å²) in [5, 5.41) is 14.1. The molecule has 0 bridgehead atoms. The van der Waals surface area contributed by atoms with Gasteiger partial charge in [-0.05, 0) is 44.3 Å². The van der Waals surface area contributed by atoms with Crippen LogP contribution in [0.5, 0.6) is 5.88 Å². The fourth-order valence-corrected chi connectivity index (χ4v) is 2.67. The zero-order valence-electron chi connectivity index (χ0n) is 12.2. The van der Waals surface area contributed by atoms with Crippen molar-refractivity contribution in [3.8, 4) is 5.88 Å². The predicted molar refractivity (Wildman–Crippen MR) is 81.9 cm³/mol. The van der Waals surface area contributed by atoms with E-state index in [-0.39, 0.29) is 5.69 Å². The van der Waals surface area contributed by atoms with Crippen LogP contribution in [0.15, 0.2) is 24.4 Å². The first-order chi connectivity index (χ1) is 10.7. The number of aromatic nitrogens is 2. The lowest BCUT2D eigenvalue weighted by Crippen LogP contribution is -2.30. The van der Waals surface area contributed by atoms with Crippen molar-refractivity contribution in [2.75, 3.05) is 19.7 Å². The molecule has 2 aromatic rings. The Hall–Kier alpha value is -2.28. The number of nitrogens with one attached hydrogen (secondary N) is 1. The molecule has 1 saturated heterocycles. The summed E-state index contributed by atoms with van der Waals surface area (Å²) in [6, 6.07) is 4.44. The molecule has 0 radical (unpaired) electrons. The van der Waals surface area contributed by atoms with Gasteiger partial charge in [-0.15, -0.1) is 0 Å². The molecule has 7 heteroatoms. The van der Waals surface area contributed by atoms with Crippen molar-refractivity contribution in [2.45, 2.75) is 19.3 Å². The van der Waals surface area contributed by atoms with E-state index in [1.165, 1.54) is 31.2 Å². The molecule has 2 heterocycles. The predicted octanol–water partition coefficient (Wildman–Crippen LogP) is 2.31. The van der Waals surface area contributed by atoms with Gasteiger partial charge >= 0.3 is 0 Å². The Morgan fingerprint density at radius 1 is 1.41 bits per heavy atom. The Kier molecular flexibility index (Phi) is 4.43. The average molecular weight is 302 g/mol. The van der Waals surface area contributed by atoms with Gasteiger partial charge in [0.1, 0.15) is 0 Å². The van der Waals surface area contributed by atoms with Gasteiger partial charge in [0.2, 0.25) is 5.88 Å². The highest BCUT2D eigenvalue weighted by Crippen LogP contribution is 2.20. The van der Waals surface area contributed by atoms with Crippen molar-refractivity contribution in [3.63, 3.8) is 0 Å². The molecule has 0 spiro atoms. The van der Waals surface area contributed by atoms with Crippen LogP contribution >= 0.6 is 0 Å². The normalized spacial score (nSPS) is 18.3. The number of non-ortho nitro benzene ring substituents is 1. The van der Waals surface area contributed by atoms with Crippen molar-refractivity contribution >= 4 is 16.7 Å². The summed E-state index contributed by atoms with van der Waals surface area (Å²) in [7, 11) is 0. The summed E-state index contributed by atoms with van der Waals surface area (Å²) in [6.07, 6.45) is 4.97. The number of hydrogen-bond donors (Lipinski definition) is 1. The molecule has 0 unspecified atom stereocenters. The lowest BCUT2D eigenvalue weighted by Gasteiger charge is -2.22. The Morgan fingerprint density at radius 2 is 2.32 bits per heavy atom. The summed E-state index contributed by atoms with van der Waals surface area (Å²) < 4.78 is 5.66. The number of fused-ring (bicyclic) bond motifs is 1. The molecule has 0 aliphatic carbocycles. The van der Waals surface area contributed by atoms with Crippen molar-refractivity contribution < 1.29 is 9.66 Å². The first-order valence-electron chi connectivity index (χ1n) is 7.47. The van der Waals surface area contributed by atoms with Crippen molar-refractivity contribution in [3.05, 3.63) is 34.5 Å². The minimum absolute atomic E-state index is 0.0141. The smallest absolute Gasteiger partial charge is 0.271 e. The molecule has 3 rings (SSSR count). The lowest BCUT2D eigenvalue weighted by atomic mass is 9.97. The van der Waals surface area contributed by atoms with E-state index in [1.54, 1.807) is 6.07 Å². The van der Waals surface area contributed by atoms with Gasteiger partial charge in [0.05, 0.1) is 28.8 Å². The molecule has 1 fully saturated rings. The van der Waals surface area contributed by atoms with Crippen LogP contribution in [0.25, 0.3) is 11.0 Å². The van der Waals surface area contributed by atoms with Gasteiger partial charge in [-0.25, -0.2) is 9.97 Å². The van der Waals surface area contributed by atoms with Gasteiger partial charge in [-0.1, -0.05) is 0 Å². The maximum Gasteiger partial charge on any atom is 0.271 e. The minimum atomic E-state index is -0.441. The zero-order chi connectivity index (χ0) is 15.4. The maximum absolute atomic E-state index is 10.7. The highest BCUT2D eigenvalue weighted by atomic mass is 16.6. The molecule has 1 aromatic carbocycles. The molecular weight excluding hydrogens is 284 g/mol. The fourth-order valence-electron chi connectivity index (χ4n) is 2.67. The van der Waals surface area contributed by atoms with E-state index in [4.69, 9.17) is 4.74 Å². The largest absolute Gasteiger partial charge is 0.477 e. The van der Waals surface area contributed by atoms with Crippen molar-refractivity contribution in [2.24, 2.45) is 5.92 Å². The Bertz CT molecular complexity index is 671. The van der Waals surface area contributed by atoms with E-state index in [9.17, 15) is 10.1 Å². The van der Waals surface area contributed by atoms with E-state index >= 15 is 0 Å². The molecule has 7 nitrogen and oxygen atoms in total. The molecule has 0 saturated carbocycles. The van der Waals surface area contributed by atoms with Crippen LogP contribution < -0.4 is 10.1 Å². The van der Waals surface area contributed by atoms with Gasteiger partial charge in [0.25, 0.3) is 5.69 Å². The summed E-state index contributed by atoms with van der Waals surface area (Å²) in [5.74, 6) is 1.12.